The first-order chi connectivity index (χ1) is 13.9. The zero-order valence-electron chi connectivity index (χ0n) is 17.5. The molecule has 0 aliphatic carbocycles. The molecule has 1 aliphatic rings. The van der Waals surface area contributed by atoms with E-state index in [1.807, 2.05) is 20.8 Å². The number of rotatable bonds is 5. The van der Waals surface area contributed by atoms with Crippen LogP contribution in [-0.2, 0) is 0 Å². The summed E-state index contributed by atoms with van der Waals surface area (Å²) in [5.74, 6) is 1.54. The van der Waals surface area contributed by atoms with E-state index in [1.54, 1.807) is 11.3 Å². The maximum atomic E-state index is 13.1. The summed E-state index contributed by atoms with van der Waals surface area (Å²) < 4.78 is 0. The van der Waals surface area contributed by atoms with Crippen LogP contribution in [0.4, 0.5) is 0 Å². The van der Waals surface area contributed by atoms with Gasteiger partial charge in [0.25, 0.3) is 5.91 Å². The summed E-state index contributed by atoms with van der Waals surface area (Å²) in [6, 6.07) is 4.53. The van der Waals surface area contributed by atoms with Crippen molar-refractivity contribution in [2.45, 2.75) is 46.6 Å². The molecule has 7 heteroatoms. The lowest BCUT2D eigenvalue weighted by molar-refractivity contribution is 0.0918. The van der Waals surface area contributed by atoms with Gasteiger partial charge in [-0.15, -0.1) is 22.7 Å². The average Bonchev–Trinajstić information content (AvgIpc) is 3.31. The summed E-state index contributed by atoms with van der Waals surface area (Å²) in [6.45, 7) is 11.0. The lowest BCUT2D eigenvalue weighted by Crippen LogP contribution is -2.41. The molecule has 0 saturated carbocycles. The van der Waals surface area contributed by atoms with E-state index in [1.165, 1.54) is 29.1 Å². The molecule has 0 aromatic carbocycles. The number of piperidine rings is 1. The maximum Gasteiger partial charge on any atom is 0.261 e. The number of hydrogen-bond donors (Lipinski definition) is 1. The van der Waals surface area contributed by atoms with Crippen molar-refractivity contribution in [1.29, 1.82) is 0 Å². The lowest BCUT2D eigenvalue weighted by Gasteiger charge is -2.36. The first-order valence-electron chi connectivity index (χ1n) is 10.2. The Hall–Kier alpha value is -1.83. The first-order valence-corrected chi connectivity index (χ1v) is 11.9. The highest BCUT2D eigenvalue weighted by molar-refractivity contribution is 7.20. The molecule has 1 atom stereocenters. The van der Waals surface area contributed by atoms with Crippen molar-refractivity contribution in [2.24, 2.45) is 5.92 Å². The van der Waals surface area contributed by atoms with E-state index in [9.17, 15) is 4.79 Å². The number of amides is 1. The number of thiophene rings is 2. The fourth-order valence-corrected chi connectivity index (χ4v) is 6.25. The number of aryl methyl sites for hydroxylation is 3. The Morgan fingerprint density at radius 2 is 2.03 bits per heavy atom. The van der Waals surface area contributed by atoms with Gasteiger partial charge in [0.15, 0.2) is 0 Å². The second kappa shape index (κ2) is 8.50. The molecule has 1 aliphatic heterocycles. The minimum absolute atomic E-state index is 0.00510. The number of carbonyl (C=O) groups excluding carboxylic acids is 1. The third kappa shape index (κ3) is 4.22. The summed E-state index contributed by atoms with van der Waals surface area (Å²) in [6.07, 6.45) is 2.45. The summed E-state index contributed by atoms with van der Waals surface area (Å²) in [7, 11) is 0. The van der Waals surface area contributed by atoms with Gasteiger partial charge in [0.05, 0.1) is 10.9 Å². The Morgan fingerprint density at radius 1 is 1.28 bits per heavy atom. The standard InChI is InChI=1S/C22H28N4OS2/c1-13-7-9-26(10-8-13)17(18-6-5-11-28-18)12-23-21(27)20-14(2)19-15(3)24-16(4)25-22(19)29-20/h5-6,11,13,17H,7-10,12H2,1-4H3,(H,23,27)/t17-/m0/s1. The molecule has 3 aromatic rings. The quantitative estimate of drug-likeness (QED) is 0.629. The van der Waals surface area contributed by atoms with E-state index in [2.05, 4.69) is 44.6 Å². The molecule has 29 heavy (non-hydrogen) atoms. The van der Waals surface area contributed by atoms with Gasteiger partial charge in [-0.05, 0) is 69.6 Å². The monoisotopic (exact) mass is 428 g/mol. The summed E-state index contributed by atoms with van der Waals surface area (Å²) in [5.41, 5.74) is 1.93. The Morgan fingerprint density at radius 3 is 2.72 bits per heavy atom. The van der Waals surface area contributed by atoms with Crippen molar-refractivity contribution in [3.63, 3.8) is 0 Å². The number of nitrogens with one attached hydrogen (secondary N) is 1. The van der Waals surface area contributed by atoms with Crippen molar-refractivity contribution < 1.29 is 4.79 Å². The molecular weight excluding hydrogens is 400 g/mol. The number of nitrogens with zero attached hydrogens (tertiary/aromatic N) is 3. The average molecular weight is 429 g/mol. The molecule has 1 saturated heterocycles. The largest absolute Gasteiger partial charge is 0.349 e. The van der Waals surface area contributed by atoms with Crippen molar-refractivity contribution in [2.75, 3.05) is 19.6 Å². The predicted octanol–water partition coefficient (Wildman–Crippen LogP) is 4.88. The van der Waals surface area contributed by atoms with E-state index in [0.29, 0.717) is 6.54 Å². The normalized spacial score (nSPS) is 17.0. The first kappa shape index (κ1) is 20.4. The van der Waals surface area contributed by atoms with Crippen LogP contribution >= 0.6 is 22.7 Å². The van der Waals surface area contributed by atoms with Crippen LogP contribution in [0.15, 0.2) is 17.5 Å². The van der Waals surface area contributed by atoms with Gasteiger partial charge in [0.1, 0.15) is 10.7 Å². The summed E-state index contributed by atoms with van der Waals surface area (Å²) >= 11 is 3.25. The minimum Gasteiger partial charge on any atom is -0.349 e. The van der Waals surface area contributed by atoms with E-state index in [-0.39, 0.29) is 11.9 Å². The third-order valence-electron chi connectivity index (χ3n) is 5.88. The van der Waals surface area contributed by atoms with E-state index in [0.717, 1.165) is 51.2 Å². The van der Waals surface area contributed by atoms with Crippen molar-refractivity contribution in [3.8, 4) is 0 Å². The maximum absolute atomic E-state index is 13.1. The molecule has 1 N–H and O–H groups in total. The van der Waals surface area contributed by atoms with Crippen molar-refractivity contribution >= 4 is 38.8 Å². The van der Waals surface area contributed by atoms with Crippen molar-refractivity contribution in [1.82, 2.24) is 20.2 Å². The third-order valence-corrected chi connectivity index (χ3v) is 8.03. The Balaban J connectivity index is 1.53. The molecule has 3 aromatic heterocycles. The molecular formula is C22H28N4OS2. The highest BCUT2D eigenvalue weighted by Crippen LogP contribution is 2.32. The van der Waals surface area contributed by atoms with Gasteiger partial charge in [-0.2, -0.15) is 0 Å². The minimum atomic E-state index is -0.00510. The fraction of sp³-hybridized carbons (Fsp3) is 0.500. The zero-order valence-corrected chi connectivity index (χ0v) is 19.1. The molecule has 0 radical (unpaired) electrons. The molecule has 4 heterocycles. The molecule has 5 nitrogen and oxygen atoms in total. The van der Waals surface area contributed by atoms with Crippen LogP contribution in [-0.4, -0.2) is 40.4 Å². The smallest absolute Gasteiger partial charge is 0.261 e. The van der Waals surface area contributed by atoms with Crippen LogP contribution in [0.3, 0.4) is 0 Å². The highest BCUT2D eigenvalue weighted by Gasteiger charge is 2.26. The second-order valence-electron chi connectivity index (χ2n) is 8.05. The van der Waals surface area contributed by atoms with Gasteiger partial charge in [-0.25, -0.2) is 9.97 Å². The number of likely N-dealkylation sites (tertiary alicyclic amines) is 1. The second-order valence-corrected chi connectivity index (χ2v) is 10.0. The number of carbonyl (C=O) groups is 1. The SMILES string of the molecule is Cc1nc(C)c2c(C)c(C(=O)NC[C@@H](c3cccs3)N3CCC(C)CC3)sc2n1. The summed E-state index contributed by atoms with van der Waals surface area (Å²) in [5, 5.41) is 6.36. The Bertz CT molecular complexity index is 1000. The van der Waals surface area contributed by atoms with Gasteiger partial charge >= 0.3 is 0 Å². The summed E-state index contributed by atoms with van der Waals surface area (Å²) in [4.78, 5) is 27.6. The lowest BCUT2D eigenvalue weighted by atomic mass is 9.97. The number of fused-ring (bicyclic) bond motifs is 1. The molecule has 0 bridgehead atoms. The Labute approximate surface area is 180 Å². The van der Waals surface area contributed by atoms with Crippen molar-refractivity contribution in [3.05, 3.63) is 44.3 Å². The van der Waals surface area contributed by atoms with Crippen LogP contribution in [0.1, 0.15) is 57.4 Å². The van der Waals surface area contributed by atoms with Crippen LogP contribution in [0.25, 0.3) is 10.2 Å². The molecule has 154 valence electrons. The number of hydrogen-bond acceptors (Lipinski definition) is 6. The van der Waals surface area contributed by atoms with Crippen LogP contribution in [0.2, 0.25) is 0 Å². The van der Waals surface area contributed by atoms with Crippen LogP contribution in [0, 0.1) is 26.7 Å². The van der Waals surface area contributed by atoms with Crippen LogP contribution < -0.4 is 5.32 Å². The van der Waals surface area contributed by atoms with Gasteiger partial charge in [-0.1, -0.05) is 13.0 Å². The van der Waals surface area contributed by atoms with E-state index < -0.39 is 0 Å². The van der Waals surface area contributed by atoms with Gasteiger partial charge in [0, 0.05) is 22.5 Å². The van der Waals surface area contributed by atoms with Crippen LogP contribution in [0.5, 0.6) is 0 Å². The molecule has 1 fully saturated rings. The fourth-order valence-electron chi connectivity index (χ4n) is 4.19. The molecule has 0 unspecified atom stereocenters. The molecule has 1 amide bonds. The predicted molar refractivity (Wildman–Crippen MR) is 121 cm³/mol. The van der Waals surface area contributed by atoms with Gasteiger partial charge in [0.2, 0.25) is 0 Å². The highest BCUT2D eigenvalue weighted by atomic mass is 32.1. The topological polar surface area (TPSA) is 58.1 Å². The Kier molecular flexibility index (Phi) is 5.99. The molecule has 0 spiro atoms. The molecule has 4 rings (SSSR count). The number of aromatic nitrogens is 2. The van der Waals surface area contributed by atoms with Gasteiger partial charge < -0.3 is 5.32 Å². The van der Waals surface area contributed by atoms with E-state index >= 15 is 0 Å². The zero-order chi connectivity index (χ0) is 20.5. The van der Waals surface area contributed by atoms with E-state index in [4.69, 9.17) is 0 Å². The van der Waals surface area contributed by atoms with Gasteiger partial charge in [-0.3, -0.25) is 9.69 Å².